The van der Waals surface area contributed by atoms with Crippen LogP contribution in [0.25, 0.3) is 0 Å². The Labute approximate surface area is 257 Å². The summed E-state index contributed by atoms with van der Waals surface area (Å²) in [6, 6.07) is 22.8. The van der Waals surface area contributed by atoms with Crippen LogP contribution < -0.4 is 4.72 Å². The van der Waals surface area contributed by atoms with Crippen molar-refractivity contribution in [1.29, 1.82) is 0 Å². The Morgan fingerprint density at radius 2 is 1.60 bits per heavy atom. The smallest absolute Gasteiger partial charge is 0.264 e. The standard InChI is InChI=1S/C35H44N4O3S/c1-2-36-34-32(29-14-8-3-4-9-15-29)16-10-17-33(34)43(41,42)37-31-20-18-30(19-21-31)35(40)39-24-11-23-38(26-27-39)25-22-28-12-6-5-7-13-28/h2,5-7,10,12-13,16-21,29,37H,3-4,8-9,11,14-15,22-27H2,1H3/b36-2-. The first-order chi connectivity index (χ1) is 20.9. The number of anilines is 1. The molecule has 1 saturated heterocycles. The molecule has 3 aromatic carbocycles. The molecule has 0 aromatic heterocycles. The van der Waals surface area contributed by atoms with E-state index in [4.69, 9.17) is 0 Å². The molecule has 1 saturated carbocycles. The monoisotopic (exact) mass is 600 g/mol. The van der Waals surface area contributed by atoms with Crippen LogP contribution in [0.4, 0.5) is 11.4 Å². The van der Waals surface area contributed by atoms with E-state index in [9.17, 15) is 13.2 Å². The number of carbonyl (C=O) groups excluding carboxylic acids is 1. The number of nitrogens with zero attached hydrogens (tertiary/aromatic N) is 3. The van der Waals surface area contributed by atoms with Crippen LogP contribution in [-0.4, -0.2) is 63.1 Å². The van der Waals surface area contributed by atoms with Crippen molar-refractivity contribution in [1.82, 2.24) is 9.80 Å². The SMILES string of the molecule is C/C=N\c1c(C2CCCCCC2)cccc1S(=O)(=O)Nc1ccc(C(=O)N2CCCN(CCc3ccccc3)CC2)cc1. The van der Waals surface area contributed by atoms with Gasteiger partial charge in [-0.1, -0.05) is 68.1 Å². The number of sulfonamides is 1. The average Bonchev–Trinajstić information content (AvgIpc) is 3.44. The largest absolute Gasteiger partial charge is 0.337 e. The van der Waals surface area contributed by atoms with Crippen molar-refractivity contribution >= 4 is 33.5 Å². The van der Waals surface area contributed by atoms with Gasteiger partial charge in [0.05, 0.1) is 5.69 Å². The Morgan fingerprint density at radius 3 is 2.33 bits per heavy atom. The van der Waals surface area contributed by atoms with Gasteiger partial charge in [-0.05, 0) is 86.5 Å². The Balaban J connectivity index is 1.23. The molecule has 0 spiro atoms. The number of para-hydroxylation sites is 1. The highest BCUT2D eigenvalue weighted by Crippen LogP contribution is 2.40. The molecular formula is C35H44N4O3S. The second kappa shape index (κ2) is 14.8. The molecule has 7 nitrogen and oxygen atoms in total. The van der Waals surface area contributed by atoms with Crippen LogP contribution in [0.3, 0.4) is 0 Å². The molecule has 5 rings (SSSR count). The minimum absolute atomic E-state index is 0.0185. The predicted octanol–water partition coefficient (Wildman–Crippen LogP) is 7.04. The first-order valence-corrected chi connectivity index (χ1v) is 17.2. The van der Waals surface area contributed by atoms with Crippen molar-refractivity contribution in [3.63, 3.8) is 0 Å². The van der Waals surface area contributed by atoms with Crippen LogP contribution in [0, 0.1) is 0 Å². The van der Waals surface area contributed by atoms with Crippen LogP contribution in [0.5, 0.6) is 0 Å². The van der Waals surface area contributed by atoms with Crippen molar-refractivity contribution in [2.45, 2.75) is 69.1 Å². The van der Waals surface area contributed by atoms with Crippen molar-refractivity contribution < 1.29 is 13.2 Å². The Bertz CT molecular complexity index is 1480. The van der Waals surface area contributed by atoms with E-state index in [1.54, 1.807) is 36.5 Å². The summed E-state index contributed by atoms with van der Waals surface area (Å²) in [6.45, 7) is 6.02. The lowest BCUT2D eigenvalue weighted by Crippen LogP contribution is -2.35. The van der Waals surface area contributed by atoms with Gasteiger partial charge in [0.15, 0.2) is 0 Å². The number of rotatable bonds is 9. The molecule has 0 unspecified atom stereocenters. The summed E-state index contributed by atoms with van der Waals surface area (Å²) in [4.78, 5) is 22.4. The zero-order chi connectivity index (χ0) is 30.1. The van der Waals surface area contributed by atoms with Gasteiger partial charge >= 0.3 is 0 Å². The third kappa shape index (κ3) is 8.12. The highest BCUT2D eigenvalue weighted by Gasteiger charge is 2.25. The summed E-state index contributed by atoms with van der Waals surface area (Å²) in [5.74, 6) is 0.298. The van der Waals surface area contributed by atoms with Crippen LogP contribution >= 0.6 is 0 Å². The molecule has 3 aromatic rings. The number of hydrogen-bond donors (Lipinski definition) is 1. The fraction of sp³-hybridized carbons (Fsp3) is 0.429. The maximum Gasteiger partial charge on any atom is 0.264 e. The Kier molecular flexibility index (Phi) is 10.7. The zero-order valence-corrected chi connectivity index (χ0v) is 26.1. The molecule has 43 heavy (non-hydrogen) atoms. The van der Waals surface area contributed by atoms with Crippen molar-refractivity contribution in [3.8, 4) is 0 Å². The summed E-state index contributed by atoms with van der Waals surface area (Å²) in [5.41, 5.74) is 3.87. The molecule has 2 fully saturated rings. The van der Waals surface area contributed by atoms with Crippen molar-refractivity contribution in [2.75, 3.05) is 37.4 Å². The average molecular weight is 601 g/mol. The van der Waals surface area contributed by atoms with E-state index < -0.39 is 10.0 Å². The van der Waals surface area contributed by atoms with Gasteiger partial charge in [-0.25, -0.2) is 8.42 Å². The number of hydrogen-bond acceptors (Lipinski definition) is 5. The van der Waals surface area contributed by atoms with Crippen LogP contribution in [0.15, 0.2) is 82.7 Å². The van der Waals surface area contributed by atoms with Gasteiger partial charge in [0.25, 0.3) is 15.9 Å². The van der Waals surface area contributed by atoms with E-state index >= 15 is 0 Å². The number of carbonyl (C=O) groups is 1. The Morgan fingerprint density at radius 1 is 0.860 bits per heavy atom. The summed E-state index contributed by atoms with van der Waals surface area (Å²) >= 11 is 0. The van der Waals surface area contributed by atoms with E-state index in [2.05, 4.69) is 38.9 Å². The van der Waals surface area contributed by atoms with Crippen LogP contribution in [0.2, 0.25) is 0 Å². The minimum atomic E-state index is -3.89. The second-order valence-electron chi connectivity index (χ2n) is 11.7. The summed E-state index contributed by atoms with van der Waals surface area (Å²) in [6.07, 6.45) is 10.5. The molecule has 2 aliphatic rings. The van der Waals surface area contributed by atoms with Crippen molar-refractivity contribution in [2.24, 2.45) is 4.99 Å². The molecule has 0 bridgehead atoms. The van der Waals surface area contributed by atoms with Gasteiger partial charge in [0.1, 0.15) is 4.90 Å². The van der Waals surface area contributed by atoms with Gasteiger partial charge in [-0.3, -0.25) is 14.5 Å². The van der Waals surface area contributed by atoms with Gasteiger partial charge in [0, 0.05) is 43.6 Å². The maximum absolute atomic E-state index is 13.6. The van der Waals surface area contributed by atoms with Gasteiger partial charge in [-0.2, -0.15) is 0 Å². The second-order valence-corrected chi connectivity index (χ2v) is 13.3. The van der Waals surface area contributed by atoms with E-state index in [0.29, 0.717) is 35.9 Å². The molecule has 1 N–H and O–H groups in total. The van der Waals surface area contributed by atoms with Crippen LogP contribution in [0.1, 0.15) is 79.3 Å². The number of nitrogens with one attached hydrogen (secondary N) is 1. The lowest BCUT2D eigenvalue weighted by molar-refractivity contribution is 0.0761. The summed E-state index contributed by atoms with van der Waals surface area (Å²) in [5, 5.41) is 0. The van der Waals surface area contributed by atoms with Gasteiger partial charge < -0.3 is 9.80 Å². The minimum Gasteiger partial charge on any atom is -0.337 e. The highest BCUT2D eigenvalue weighted by molar-refractivity contribution is 7.92. The number of benzene rings is 3. The lowest BCUT2D eigenvalue weighted by atomic mass is 9.90. The molecule has 1 aliphatic heterocycles. The molecule has 0 radical (unpaired) electrons. The normalized spacial score (nSPS) is 17.5. The van der Waals surface area contributed by atoms with Gasteiger partial charge in [0.2, 0.25) is 0 Å². The predicted molar refractivity (Wildman–Crippen MR) is 175 cm³/mol. The molecule has 228 valence electrons. The fourth-order valence-electron chi connectivity index (χ4n) is 6.35. The molecule has 1 amide bonds. The first kappa shape index (κ1) is 31.0. The van der Waals surface area contributed by atoms with Gasteiger partial charge in [-0.15, -0.1) is 0 Å². The van der Waals surface area contributed by atoms with E-state index in [-0.39, 0.29) is 10.8 Å². The third-order valence-electron chi connectivity index (χ3n) is 8.69. The topological polar surface area (TPSA) is 82.1 Å². The fourth-order valence-corrected chi connectivity index (χ4v) is 7.59. The quantitative estimate of drug-likeness (QED) is 0.211. The van der Waals surface area contributed by atoms with E-state index in [0.717, 1.165) is 63.7 Å². The summed E-state index contributed by atoms with van der Waals surface area (Å²) in [7, 11) is -3.89. The molecule has 1 aliphatic carbocycles. The third-order valence-corrected chi connectivity index (χ3v) is 10.1. The van der Waals surface area contributed by atoms with E-state index in [1.165, 1.54) is 18.4 Å². The van der Waals surface area contributed by atoms with Crippen molar-refractivity contribution in [3.05, 3.63) is 89.5 Å². The zero-order valence-electron chi connectivity index (χ0n) is 25.2. The Hall–Kier alpha value is -3.49. The molecule has 8 heteroatoms. The molecular weight excluding hydrogens is 556 g/mol. The highest BCUT2D eigenvalue weighted by atomic mass is 32.2. The molecule has 1 heterocycles. The number of aliphatic imine (C=N–C) groups is 1. The number of amides is 1. The molecule has 0 atom stereocenters. The van der Waals surface area contributed by atoms with Crippen LogP contribution in [-0.2, 0) is 16.4 Å². The summed E-state index contributed by atoms with van der Waals surface area (Å²) < 4.78 is 30.0. The first-order valence-electron chi connectivity index (χ1n) is 15.7. The lowest BCUT2D eigenvalue weighted by Gasteiger charge is -2.22. The van der Waals surface area contributed by atoms with E-state index in [1.807, 2.05) is 30.0 Å². The maximum atomic E-state index is 13.6.